The zero-order valence-corrected chi connectivity index (χ0v) is 11.8. The highest BCUT2D eigenvalue weighted by Gasteiger charge is 2.14. The van der Waals surface area contributed by atoms with Gasteiger partial charge in [0.15, 0.2) is 5.82 Å². The van der Waals surface area contributed by atoms with E-state index in [1.807, 2.05) is 30.6 Å². The first-order valence-electron chi connectivity index (χ1n) is 6.50. The van der Waals surface area contributed by atoms with Gasteiger partial charge in [0.2, 0.25) is 5.91 Å². The number of methoxy groups -OCH3 is 1. The van der Waals surface area contributed by atoms with E-state index in [-0.39, 0.29) is 11.9 Å². The summed E-state index contributed by atoms with van der Waals surface area (Å²) < 4.78 is 6.91. The molecular formula is C13H22N4O2. The first kappa shape index (κ1) is 15.4. The third kappa shape index (κ3) is 5.21. The zero-order valence-electron chi connectivity index (χ0n) is 11.8. The predicted molar refractivity (Wildman–Crippen MR) is 72.5 cm³/mol. The summed E-state index contributed by atoms with van der Waals surface area (Å²) in [6.07, 6.45) is 6.83. The Bertz CT molecular complexity index is 415. The van der Waals surface area contributed by atoms with E-state index in [1.54, 1.807) is 13.4 Å². The van der Waals surface area contributed by atoms with Crippen molar-refractivity contribution in [3.05, 3.63) is 24.3 Å². The molecule has 0 fully saturated rings. The number of nitrogens with one attached hydrogen (secondary N) is 1. The van der Waals surface area contributed by atoms with Crippen molar-refractivity contribution in [3.8, 4) is 0 Å². The molecule has 106 valence electrons. The molecule has 0 saturated heterocycles. The highest BCUT2D eigenvalue weighted by Crippen LogP contribution is 2.09. The highest BCUT2D eigenvalue weighted by atomic mass is 16.5. The largest absolute Gasteiger partial charge is 0.383 e. The molecule has 0 aliphatic rings. The van der Waals surface area contributed by atoms with Gasteiger partial charge in [-0.2, -0.15) is 0 Å². The molecule has 19 heavy (non-hydrogen) atoms. The van der Waals surface area contributed by atoms with Gasteiger partial charge in [-0.05, 0) is 13.3 Å². The summed E-state index contributed by atoms with van der Waals surface area (Å²) in [7, 11) is 1.65. The molecule has 0 aromatic carbocycles. The summed E-state index contributed by atoms with van der Waals surface area (Å²) in [5.41, 5.74) is 0. The Balaban J connectivity index is 2.52. The van der Waals surface area contributed by atoms with Crippen molar-refractivity contribution in [1.82, 2.24) is 20.1 Å². The molecule has 0 unspecified atom stereocenters. The molecule has 6 heteroatoms. The van der Waals surface area contributed by atoms with Gasteiger partial charge in [-0.3, -0.25) is 4.79 Å². The lowest BCUT2D eigenvalue weighted by molar-refractivity contribution is -0.120. The van der Waals surface area contributed by atoms with E-state index in [4.69, 9.17) is 4.74 Å². The van der Waals surface area contributed by atoms with Crippen LogP contribution in [0.25, 0.3) is 0 Å². The Kier molecular flexibility index (Phi) is 6.81. The maximum Gasteiger partial charge on any atom is 0.224 e. The minimum absolute atomic E-state index is 0.0153. The van der Waals surface area contributed by atoms with Gasteiger partial charge in [-0.15, -0.1) is 10.2 Å². The fraction of sp³-hybridized carbons (Fsp3) is 0.615. The van der Waals surface area contributed by atoms with Gasteiger partial charge in [0.1, 0.15) is 6.33 Å². The first-order valence-corrected chi connectivity index (χ1v) is 6.50. The Morgan fingerprint density at radius 1 is 1.58 bits per heavy atom. The summed E-state index contributed by atoms with van der Waals surface area (Å²) in [5, 5.41) is 10.8. The Hall–Kier alpha value is -1.69. The molecule has 0 bridgehead atoms. The van der Waals surface area contributed by atoms with E-state index < -0.39 is 0 Å². The van der Waals surface area contributed by atoms with Crippen LogP contribution < -0.4 is 5.32 Å². The van der Waals surface area contributed by atoms with Crippen molar-refractivity contribution in [2.75, 3.05) is 13.7 Å². The van der Waals surface area contributed by atoms with Crippen LogP contribution in [-0.4, -0.2) is 34.4 Å². The molecular weight excluding hydrogens is 244 g/mol. The Morgan fingerprint density at radius 2 is 2.37 bits per heavy atom. The molecule has 0 spiro atoms. The third-order valence-corrected chi connectivity index (χ3v) is 2.65. The van der Waals surface area contributed by atoms with Crippen molar-refractivity contribution in [1.29, 1.82) is 0 Å². The number of nitrogens with zero attached hydrogens (tertiary/aromatic N) is 3. The van der Waals surface area contributed by atoms with Crippen molar-refractivity contribution < 1.29 is 9.53 Å². The summed E-state index contributed by atoms with van der Waals surface area (Å²) in [5.74, 6) is 0.725. The number of rotatable bonds is 8. The second-order valence-corrected chi connectivity index (χ2v) is 4.25. The Morgan fingerprint density at radius 3 is 3.05 bits per heavy atom. The molecule has 1 N–H and O–H groups in total. The molecule has 0 radical (unpaired) electrons. The molecule has 1 amide bonds. The molecule has 0 saturated carbocycles. The van der Waals surface area contributed by atoms with Gasteiger partial charge in [0.25, 0.3) is 0 Å². The van der Waals surface area contributed by atoms with Crippen LogP contribution in [0.2, 0.25) is 0 Å². The van der Waals surface area contributed by atoms with Crippen LogP contribution in [0.3, 0.4) is 0 Å². The van der Waals surface area contributed by atoms with Crippen molar-refractivity contribution >= 4 is 5.91 Å². The van der Waals surface area contributed by atoms with E-state index in [9.17, 15) is 4.79 Å². The number of hydrogen-bond acceptors (Lipinski definition) is 4. The second-order valence-electron chi connectivity index (χ2n) is 4.25. The fourth-order valence-electron chi connectivity index (χ4n) is 1.68. The van der Waals surface area contributed by atoms with E-state index >= 15 is 0 Å². The van der Waals surface area contributed by atoms with Crippen molar-refractivity contribution in [2.45, 2.75) is 39.3 Å². The number of aromatic nitrogens is 3. The van der Waals surface area contributed by atoms with Gasteiger partial charge >= 0.3 is 0 Å². The number of amides is 1. The second kappa shape index (κ2) is 8.42. The number of carbonyl (C=O) groups is 1. The number of allylic oxidation sites excluding steroid dienone is 1. The van der Waals surface area contributed by atoms with Crippen LogP contribution in [0.4, 0.5) is 0 Å². The van der Waals surface area contributed by atoms with Gasteiger partial charge in [-0.1, -0.05) is 19.1 Å². The average Bonchev–Trinajstić information content (AvgIpc) is 2.85. The van der Waals surface area contributed by atoms with Gasteiger partial charge in [-0.25, -0.2) is 0 Å². The standard InChI is InChI=1S/C13H22N4O2/c1-4-5-6-7-12(18)15-11(2)13-16-14-10-17(13)8-9-19-3/h5-6,10-11H,4,7-9H2,1-3H3,(H,15,18)/b6-5+/t11-/m1/s1. The van der Waals surface area contributed by atoms with Gasteiger partial charge in [0, 0.05) is 20.1 Å². The number of hydrogen-bond donors (Lipinski definition) is 1. The SMILES string of the molecule is CC/C=C/CC(=O)N[C@H](C)c1nncn1CCOC. The third-order valence-electron chi connectivity index (χ3n) is 2.65. The lowest BCUT2D eigenvalue weighted by Crippen LogP contribution is -2.28. The van der Waals surface area contributed by atoms with Crippen molar-refractivity contribution in [3.63, 3.8) is 0 Å². The molecule has 1 aromatic rings. The van der Waals surface area contributed by atoms with Crippen LogP contribution in [0.15, 0.2) is 18.5 Å². The fourth-order valence-corrected chi connectivity index (χ4v) is 1.68. The van der Waals surface area contributed by atoms with Gasteiger partial charge in [0.05, 0.1) is 12.6 Å². The smallest absolute Gasteiger partial charge is 0.224 e. The summed E-state index contributed by atoms with van der Waals surface area (Å²) in [6, 6.07) is -0.165. The molecule has 1 atom stereocenters. The van der Waals surface area contributed by atoms with Crippen molar-refractivity contribution in [2.24, 2.45) is 0 Å². The maximum atomic E-state index is 11.7. The lowest BCUT2D eigenvalue weighted by atomic mass is 10.2. The summed E-state index contributed by atoms with van der Waals surface area (Å²) in [6.45, 7) is 5.20. The molecule has 6 nitrogen and oxygen atoms in total. The van der Waals surface area contributed by atoms with Gasteiger partial charge < -0.3 is 14.6 Å². The zero-order chi connectivity index (χ0) is 14.1. The van der Waals surface area contributed by atoms with E-state index in [1.165, 1.54) is 0 Å². The van der Waals surface area contributed by atoms with Crippen LogP contribution in [0.1, 0.15) is 38.6 Å². The Labute approximate surface area is 113 Å². The van der Waals surface area contributed by atoms with E-state index in [2.05, 4.69) is 15.5 Å². The lowest BCUT2D eigenvalue weighted by Gasteiger charge is -2.14. The topological polar surface area (TPSA) is 69.0 Å². The highest BCUT2D eigenvalue weighted by molar-refractivity contribution is 5.77. The summed E-state index contributed by atoms with van der Waals surface area (Å²) in [4.78, 5) is 11.7. The molecule has 0 aliphatic heterocycles. The van der Waals surface area contributed by atoms with E-state index in [0.29, 0.717) is 19.6 Å². The van der Waals surface area contributed by atoms with Crippen LogP contribution in [-0.2, 0) is 16.1 Å². The van der Waals surface area contributed by atoms with Crippen LogP contribution >= 0.6 is 0 Å². The number of ether oxygens (including phenoxy) is 1. The minimum Gasteiger partial charge on any atom is -0.383 e. The normalized spacial score (nSPS) is 12.8. The average molecular weight is 266 g/mol. The number of carbonyl (C=O) groups excluding carboxylic acids is 1. The molecule has 0 aliphatic carbocycles. The first-order chi connectivity index (χ1) is 9.19. The molecule has 1 aromatic heterocycles. The van der Waals surface area contributed by atoms with E-state index in [0.717, 1.165) is 12.2 Å². The maximum absolute atomic E-state index is 11.7. The molecule has 1 rings (SSSR count). The predicted octanol–water partition coefficient (Wildman–Crippen LogP) is 1.46. The van der Waals surface area contributed by atoms with Crippen LogP contribution in [0.5, 0.6) is 0 Å². The quantitative estimate of drug-likeness (QED) is 0.723. The summed E-state index contributed by atoms with van der Waals surface area (Å²) >= 11 is 0. The van der Waals surface area contributed by atoms with Crippen LogP contribution in [0, 0.1) is 0 Å². The monoisotopic (exact) mass is 266 g/mol. The molecule has 1 heterocycles. The minimum atomic E-state index is -0.165.